The Bertz CT molecular complexity index is 869. The zero-order valence-electron chi connectivity index (χ0n) is 14.0. The van der Waals surface area contributed by atoms with Crippen molar-refractivity contribution in [2.24, 2.45) is 0 Å². The maximum absolute atomic E-state index is 12.9. The number of aryl methyl sites for hydroxylation is 1. The molecule has 0 amide bonds. The molecule has 0 aliphatic rings. The van der Waals surface area contributed by atoms with Crippen LogP contribution in [-0.2, 0) is 12.6 Å². The van der Waals surface area contributed by atoms with E-state index < -0.39 is 35.9 Å². The van der Waals surface area contributed by atoms with Crippen molar-refractivity contribution in [2.75, 3.05) is 14.2 Å². The second-order valence-corrected chi connectivity index (χ2v) is 11.3. The molecule has 2 aromatic rings. The van der Waals surface area contributed by atoms with Gasteiger partial charge < -0.3 is 0 Å². The van der Waals surface area contributed by atoms with Crippen LogP contribution < -0.4 is 9.47 Å². The number of hydrogen-bond acceptors (Lipinski definition) is 5. The molecule has 0 spiro atoms. The van der Waals surface area contributed by atoms with E-state index in [-0.39, 0.29) is 5.75 Å². The van der Waals surface area contributed by atoms with E-state index in [2.05, 4.69) is 0 Å². The van der Waals surface area contributed by atoms with Gasteiger partial charge in [0.2, 0.25) is 0 Å². The van der Waals surface area contributed by atoms with E-state index in [0.717, 1.165) is 0 Å². The third kappa shape index (κ3) is 4.41. The van der Waals surface area contributed by atoms with Crippen LogP contribution in [0.2, 0.25) is 0 Å². The molecule has 26 heavy (non-hydrogen) atoms. The molecule has 2 aromatic carbocycles. The van der Waals surface area contributed by atoms with Crippen molar-refractivity contribution < 1.29 is 33.6 Å². The van der Waals surface area contributed by atoms with Crippen LogP contribution in [0.25, 0.3) is 0 Å². The Kier molecular flexibility index (Phi) is 6.40. The van der Waals surface area contributed by atoms with Gasteiger partial charge in [0.05, 0.1) is 0 Å². The van der Waals surface area contributed by atoms with Gasteiger partial charge in [0.25, 0.3) is 0 Å². The topological polar surface area (TPSA) is 61.8 Å². The van der Waals surface area contributed by atoms with E-state index in [9.17, 15) is 21.6 Å². The van der Waals surface area contributed by atoms with Crippen molar-refractivity contribution in [1.29, 1.82) is 0 Å². The fraction of sp³-hybridized carbons (Fsp3) is 0.250. The van der Waals surface area contributed by atoms with Crippen LogP contribution in [0.3, 0.4) is 0 Å². The molecule has 0 N–H and O–H groups in total. The van der Waals surface area contributed by atoms with Crippen LogP contribution >= 0.6 is 20.2 Å². The van der Waals surface area contributed by atoms with E-state index in [1.807, 2.05) is 0 Å². The average Bonchev–Trinajstić information content (AvgIpc) is 2.59. The van der Waals surface area contributed by atoms with Gasteiger partial charge in [-0.05, 0) is 0 Å². The molecule has 144 valence electrons. The molecule has 5 nitrogen and oxygen atoms in total. The second-order valence-electron chi connectivity index (χ2n) is 4.97. The molecule has 0 aliphatic heterocycles. The summed E-state index contributed by atoms with van der Waals surface area (Å²) < 4.78 is 77.9. The zero-order chi connectivity index (χ0) is 19.5. The maximum atomic E-state index is 12.9. The van der Waals surface area contributed by atoms with Gasteiger partial charge in [-0.2, -0.15) is 0 Å². The van der Waals surface area contributed by atoms with Gasteiger partial charge in [-0.1, -0.05) is 0 Å². The molecule has 0 atom stereocenters. The van der Waals surface area contributed by atoms with E-state index in [1.54, 1.807) is 43.3 Å². The van der Waals surface area contributed by atoms with Gasteiger partial charge in [0, 0.05) is 0 Å². The number of halogens is 4. The van der Waals surface area contributed by atoms with E-state index in [0.29, 0.717) is 18.5 Å². The Balaban J connectivity index is 2.67. The van der Waals surface area contributed by atoms with Crippen molar-refractivity contribution in [2.45, 2.75) is 12.4 Å². The van der Waals surface area contributed by atoms with Crippen LogP contribution in [0.4, 0.5) is 13.2 Å². The first-order chi connectivity index (χ1) is 12.1. The molecule has 0 bridgehead atoms. The predicted octanol–water partition coefficient (Wildman–Crippen LogP) is 4.34. The summed E-state index contributed by atoms with van der Waals surface area (Å²) in [4.78, 5) is 0. The summed E-state index contributed by atoms with van der Waals surface area (Å²) in [6, 6.07) is 11.0. The van der Waals surface area contributed by atoms with Gasteiger partial charge in [0.15, 0.2) is 0 Å². The zero-order valence-corrected chi connectivity index (χ0v) is 17.0. The molecule has 2 rings (SSSR count). The standard InChI is InChI=1S/C16H16F3IO5S/c1-11-9-13(23-2)10-14(24-3)15(11)20(12-7-5-4-6-8-12)25-26(21,22)16(17,18)19/h4-10H,1-3H3. The van der Waals surface area contributed by atoms with Gasteiger partial charge in [-0.25, -0.2) is 0 Å². The Labute approximate surface area is 157 Å². The Morgan fingerprint density at radius 1 is 1.00 bits per heavy atom. The quantitative estimate of drug-likeness (QED) is 0.433. The Morgan fingerprint density at radius 3 is 2.12 bits per heavy atom. The van der Waals surface area contributed by atoms with Gasteiger partial charge in [-0.3, -0.25) is 0 Å². The van der Waals surface area contributed by atoms with Crippen molar-refractivity contribution >= 4 is 30.4 Å². The third-order valence-corrected chi connectivity index (χ3v) is 10.8. The van der Waals surface area contributed by atoms with Crippen LogP contribution in [0.1, 0.15) is 5.56 Å². The summed E-state index contributed by atoms with van der Waals surface area (Å²) in [5, 5.41) is 0. The fourth-order valence-electron chi connectivity index (χ4n) is 2.02. The molecular weight excluding hydrogens is 488 g/mol. The second kappa shape index (κ2) is 8.01. The molecule has 0 aliphatic carbocycles. The Hall–Kier alpha value is -1.53. The van der Waals surface area contributed by atoms with Crippen molar-refractivity contribution in [3.05, 3.63) is 55.2 Å². The van der Waals surface area contributed by atoms with Gasteiger partial charge >= 0.3 is 157 Å². The molecule has 10 heteroatoms. The van der Waals surface area contributed by atoms with Gasteiger partial charge in [-0.15, -0.1) is 0 Å². The SMILES string of the molecule is COc1cc(C)c(I(OS(=O)(=O)C(F)(F)F)c2ccccc2)c(OC)c1. The molecule has 0 saturated heterocycles. The molecule has 0 fully saturated rings. The minimum absolute atomic E-state index is 0.216. The van der Waals surface area contributed by atoms with Crippen LogP contribution in [0.15, 0.2) is 42.5 Å². The first kappa shape index (κ1) is 20.8. The third-order valence-electron chi connectivity index (χ3n) is 3.18. The van der Waals surface area contributed by atoms with Crippen molar-refractivity contribution in [3.8, 4) is 11.5 Å². The van der Waals surface area contributed by atoms with E-state index in [1.165, 1.54) is 20.3 Å². The Morgan fingerprint density at radius 2 is 1.62 bits per heavy atom. The molecule has 0 aromatic heterocycles. The molecule has 0 heterocycles. The number of ether oxygens (including phenoxy) is 2. The first-order valence-electron chi connectivity index (χ1n) is 7.09. The fourth-order valence-corrected chi connectivity index (χ4v) is 9.06. The van der Waals surface area contributed by atoms with E-state index >= 15 is 0 Å². The summed E-state index contributed by atoms with van der Waals surface area (Å²) in [5.74, 6) is 0.652. The first-order valence-corrected chi connectivity index (χ1v) is 11.5. The molecular formula is C16H16F3IO5S. The number of benzene rings is 2. The summed E-state index contributed by atoms with van der Waals surface area (Å²) >= 11 is -3.52. The molecule has 0 unspecified atom stereocenters. The number of hydrogen-bond donors (Lipinski definition) is 0. The van der Waals surface area contributed by atoms with Crippen LogP contribution in [0.5, 0.6) is 11.5 Å². The summed E-state index contributed by atoms with van der Waals surface area (Å²) in [6.07, 6.45) is 0. The monoisotopic (exact) mass is 504 g/mol. The predicted molar refractivity (Wildman–Crippen MR) is 98.2 cm³/mol. The summed E-state index contributed by atoms with van der Waals surface area (Å²) in [6.45, 7) is 1.64. The molecule has 0 radical (unpaired) electrons. The minimum atomic E-state index is -5.77. The van der Waals surface area contributed by atoms with Crippen LogP contribution in [-0.4, -0.2) is 28.1 Å². The number of methoxy groups -OCH3 is 2. The number of alkyl halides is 3. The van der Waals surface area contributed by atoms with Crippen molar-refractivity contribution in [3.63, 3.8) is 0 Å². The number of rotatable bonds is 6. The van der Waals surface area contributed by atoms with Crippen LogP contribution in [0, 0.1) is 14.1 Å². The van der Waals surface area contributed by atoms with Crippen molar-refractivity contribution in [1.82, 2.24) is 0 Å². The summed E-state index contributed by atoms with van der Waals surface area (Å²) in [5.41, 5.74) is -4.99. The summed E-state index contributed by atoms with van der Waals surface area (Å²) in [7, 11) is -2.99. The van der Waals surface area contributed by atoms with E-state index in [4.69, 9.17) is 12.0 Å². The normalized spacial score (nSPS) is 12.6. The molecule has 0 saturated carbocycles. The van der Waals surface area contributed by atoms with Gasteiger partial charge in [0.1, 0.15) is 0 Å². The average molecular weight is 504 g/mol.